The highest BCUT2D eigenvalue weighted by Crippen LogP contribution is 2.43. The van der Waals surface area contributed by atoms with Crippen LogP contribution in [-0.2, 0) is 9.84 Å². The van der Waals surface area contributed by atoms with Crippen molar-refractivity contribution in [2.45, 2.75) is 29.3 Å². The molecule has 0 spiro atoms. The van der Waals surface area contributed by atoms with E-state index < -0.39 is 15.1 Å². The molecule has 2 atom stereocenters. The van der Waals surface area contributed by atoms with Gasteiger partial charge in [-0.25, -0.2) is 8.42 Å². The maximum absolute atomic E-state index is 12.3. The molecule has 2 rings (SSSR count). The van der Waals surface area contributed by atoms with Crippen LogP contribution in [-0.4, -0.2) is 33.6 Å². The van der Waals surface area contributed by atoms with Crippen LogP contribution in [0.5, 0.6) is 11.5 Å². The quantitative estimate of drug-likeness (QED) is 0.726. The Labute approximate surface area is 138 Å². The second-order valence-corrected chi connectivity index (χ2v) is 8.76. The van der Waals surface area contributed by atoms with Crippen molar-refractivity contribution in [2.24, 2.45) is 0 Å². The molecule has 0 aromatic heterocycles. The lowest BCUT2D eigenvalue weighted by Crippen LogP contribution is -2.31. The second kappa shape index (κ2) is 6.75. The minimum atomic E-state index is -3.10. The SMILES string of the molecule is COc1cc(Cl)c(C(Br)C2CCCCS2(=O)=O)cc1OC. The molecular formula is C14H18BrClO4S. The molecule has 1 saturated heterocycles. The smallest absolute Gasteiger partial charge is 0.162 e. The van der Waals surface area contributed by atoms with Crippen LogP contribution in [0.2, 0.25) is 5.02 Å². The number of ether oxygens (including phenoxy) is 2. The Morgan fingerprint density at radius 3 is 2.43 bits per heavy atom. The fraction of sp³-hybridized carbons (Fsp3) is 0.571. The van der Waals surface area contributed by atoms with Crippen LogP contribution in [0, 0.1) is 0 Å². The molecule has 1 aromatic rings. The van der Waals surface area contributed by atoms with E-state index in [0.717, 1.165) is 12.8 Å². The molecule has 1 heterocycles. The lowest BCUT2D eigenvalue weighted by atomic mass is 10.0. The fourth-order valence-corrected chi connectivity index (χ4v) is 6.57. The van der Waals surface area contributed by atoms with Crippen molar-refractivity contribution in [1.82, 2.24) is 0 Å². The molecule has 1 aromatic carbocycles. The Kier molecular flexibility index (Phi) is 5.43. The number of benzene rings is 1. The molecule has 118 valence electrons. The summed E-state index contributed by atoms with van der Waals surface area (Å²) < 4.78 is 35.0. The van der Waals surface area contributed by atoms with E-state index in [1.807, 2.05) is 0 Å². The van der Waals surface area contributed by atoms with E-state index in [1.165, 1.54) is 14.2 Å². The second-order valence-electron chi connectivity index (χ2n) is 5.03. The summed E-state index contributed by atoms with van der Waals surface area (Å²) >= 11 is 9.81. The molecule has 21 heavy (non-hydrogen) atoms. The van der Waals surface area contributed by atoms with Crippen molar-refractivity contribution in [3.63, 3.8) is 0 Å². The van der Waals surface area contributed by atoms with E-state index in [-0.39, 0.29) is 10.6 Å². The highest BCUT2D eigenvalue weighted by molar-refractivity contribution is 9.09. The van der Waals surface area contributed by atoms with Crippen LogP contribution in [0.25, 0.3) is 0 Å². The zero-order valence-corrected chi connectivity index (χ0v) is 15.1. The van der Waals surface area contributed by atoms with Crippen LogP contribution in [0.15, 0.2) is 12.1 Å². The Balaban J connectivity index is 2.41. The number of methoxy groups -OCH3 is 2. The number of hydrogen-bond donors (Lipinski definition) is 0. The molecule has 1 aliphatic rings. The summed E-state index contributed by atoms with van der Waals surface area (Å²) in [4.78, 5) is -0.352. The number of sulfone groups is 1. The van der Waals surface area contributed by atoms with Gasteiger partial charge in [0, 0.05) is 11.1 Å². The lowest BCUT2D eigenvalue weighted by molar-refractivity contribution is 0.354. The average molecular weight is 398 g/mol. The van der Waals surface area contributed by atoms with E-state index in [1.54, 1.807) is 12.1 Å². The zero-order valence-electron chi connectivity index (χ0n) is 11.9. The van der Waals surface area contributed by atoms with Gasteiger partial charge in [-0.15, -0.1) is 0 Å². The van der Waals surface area contributed by atoms with Crippen molar-refractivity contribution in [2.75, 3.05) is 20.0 Å². The molecule has 0 radical (unpaired) electrons. The summed E-state index contributed by atoms with van der Waals surface area (Å²) in [5.74, 6) is 1.30. The first kappa shape index (κ1) is 16.9. The van der Waals surface area contributed by atoms with Crippen molar-refractivity contribution in [1.29, 1.82) is 0 Å². The zero-order chi connectivity index (χ0) is 15.6. The van der Waals surface area contributed by atoms with E-state index >= 15 is 0 Å². The van der Waals surface area contributed by atoms with Crippen molar-refractivity contribution in [3.05, 3.63) is 22.7 Å². The third-order valence-electron chi connectivity index (χ3n) is 3.76. The molecule has 0 bridgehead atoms. The van der Waals surface area contributed by atoms with Crippen molar-refractivity contribution in [3.8, 4) is 11.5 Å². The van der Waals surface area contributed by atoms with Crippen LogP contribution in [0.1, 0.15) is 29.7 Å². The molecule has 1 aliphatic heterocycles. The molecular weight excluding hydrogens is 380 g/mol. The number of rotatable bonds is 4. The van der Waals surface area contributed by atoms with Crippen LogP contribution >= 0.6 is 27.5 Å². The molecule has 0 saturated carbocycles. The van der Waals surface area contributed by atoms with Gasteiger partial charge in [0.1, 0.15) is 0 Å². The molecule has 7 heteroatoms. The first-order chi connectivity index (χ1) is 9.90. The summed E-state index contributed by atoms with van der Waals surface area (Å²) in [5, 5.41) is 0.0112. The summed E-state index contributed by atoms with van der Waals surface area (Å²) in [5.41, 5.74) is 0.713. The standard InChI is InChI=1S/C14H18BrClO4S/c1-19-11-7-9(10(16)8-12(11)20-2)14(15)13-5-3-4-6-21(13,17)18/h7-8,13-14H,3-6H2,1-2H3. The van der Waals surface area contributed by atoms with E-state index in [9.17, 15) is 8.42 Å². The van der Waals surface area contributed by atoms with Gasteiger partial charge in [-0.05, 0) is 24.5 Å². The number of halogens is 2. The van der Waals surface area contributed by atoms with Crippen molar-refractivity contribution >= 4 is 37.4 Å². The van der Waals surface area contributed by atoms with Crippen molar-refractivity contribution < 1.29 is 17.9 Å². The molecule has 1 fully saturated rings. The predicted octanol–water partition coefficient (Wildman–Crippen LogP) is 3.76. The first-order valence-corrected chi connectivity index (χ1v) is 9.68. The van der Waals surface area contributed by atoms with Gasteiger partial charge in [0.05, 0.1) is 30.0 Å². The highest BCUT2D eigenvalue weighted by Gasteiger charge is 2.36. The summed E-state index contributed by atoms with van der Waals surface area (Å²) in [6.45, 7) is 0. The molecule has 2 unspecified atom stereocenters. The van der Waals surface area contributed by atoms with Gasteiger partial charge < -0.3 is 9.47 Å². The minimum absolute atomic E-state index is 0.241. The van der Waals surface area contributed by atoms with Gasteiger partial charge in [-0.1, -0.05) is 34.0 Å². The molecule has 0 aliphatic carbocycles. The molecule has 0 N–H and O–H groups in total. The summed E-state index contributed by atoms with van der Waals surface area (Å²) in [7, 11) is -0.0299. The lowest BCUT2D eigenvalue weighted by Gasteiger charge is -2.27. The minimum Gasteiger partial charge on any atom is -0.493 e. The van der Waals surface area contributed by atoms with Crippen LogP contribution in [0.4, 0.5) is 0 Å². The topological polar surface area (TPSA) is 52.6 Å². The summed E-state index contributed by atoms with van der Waals surface area (Å²) in [6, 6.07) is 3.39. The Bertz CT molecular complexity index is 618. The van der Waals surface area contributed by atoms with Gasteiger partial charge in [-0.3, -0.25) is 0 Å². The maximum atomic E-state index is 12.3. The van der Waals surface area contributed by atoms with E-state index in [0.29, 0.717) is 28.5 Å². The number of hydrogen-bond acceptors (Lipinski definition) is 4. The first-order valence-electron chi connectivity index (χ1n) is 6.67. The Morgan fingerprint density at radius 2 is 1.86 bits per heavy atom. The Hall–Kier alpha value is -0.460. The maximum Gasteiger partial charge on any atom is 0.162 e. The predicted molar refractivity (Wildman–Crippen MR) is 87.6 cm³/mol. The van der Waals surface area contributed by atoms with E-state index in [4.69, 9.17) is 21.1 Å². The van der Waals surface area contributed by atoms with Crippen LogP contribution < -0.4 is 9.47 Å². The normalized spacial score (nSPS) is 22.6. The highest BCUT2D eigenvalue weighted by atomic mass is 79.9. The van der Waals surface area contributed by atoms with Gasteiger partial charge >= 0.3 is 0 Å². The van der Waals surface area contributed by atoms with Gasteiger partial charge in [0.2, 0.25) is 0 Å². The third kappa shape index (κ3) is 3.48. The van der Waals surface area contributed by atoms with Crippen LogP contribution in [0.3, 0.4) is 0 Å². The third-order valence-corrected chi connectivity index (χ3v) is 7.85. The largest absolute Gasteiger partial charge is 0.493 e. The van der Waals surface area contributed by atoms with Gasteiger partial charge in [-0.2, -0.15) is 0 Å². The van der Waals surface area contributed by atoms with Gasteiger partial charge in [0.25, 0.3) is 0 Å². The number of alkyl halides is 1. The van der Waals surface area contributed by atoms with E-state index in [2.05, 4.69) is 15.9 Å². The summed E-state index contributed by atoms with van der Waals surface area (Å²) in [6.07, 6.45) is 2.29. The molecule has 0 amide bonds. The fourth-order valence-electron chi connectivity index (χ4n) is 2.59. The molecule has 4 nitrogen and oxygen atoms in total. The Morgan fingerprint density at radius 1 is 1.24 bits per heavy atom. The van der Waals surface area contributed by atoms with Gasteiger partial charge in [0.15, 0.2) is 21.3 Å². The average Bonchev–Trinajstić information content (AvgIpc) is 2.45. The monoisotopic (exact) mass is 396 g/mol.